The highest BCUT2D eigenvalue weighted by atomic mass is 79.9. The van der Waals surface area contributed by atoms with Gasteiger partial charge in [-0.2, -0.15) is 0 Å². The lowest BCUT2D eigenvalue weighted by atomic mass is 10.1. The topological polar surface area (TPSA) is 41.6 Å². The molecule has 1 unspecified atom stereocenters. The third kappa shape index (κ3) is 3.78. The van der Waals surface area contributed by atoms with Crippen molar-refractivity contribution in [2.24, 2.45) is 10.7 Å². The molecule has 0 spiro atoms. The Bertz CT molecular complexity index is 441. The van der Waals surface area contributed by atoms with Crippen LogP contribution in [0.4, 0.5) is 0 Å². The van der Waals surface area contributed by atoms with Crippen molar-refractivity contribution in [2.45, 2.75) is 19.9 Å². The van der Waals surface area contributed by atoms with Gasteiger partial charge < -0.3 is 10.6 Å². The van der Waals surface area contributed by atoms with Crippen molar-refractivity contribution in [2.75, 3.05) is 13.1 Å². The first kappa shape index (κ1) is 14.6. The molecule has 0 bridgehead atoms. The zero-order valence-corrected chi connectivity index (χ0v) is 12.3. The molecule has 18 heavy (non-hydrogen) atoms. The molecule has 4 heteroatoms. The molecule has 1 aromatic carbocycles. The van der Waals surface area contributed by atoms with Gasteiger partial charge in [0.1, 0.15) is 6.04 Å². The van der Waals surface area contributed by atoms with Crippen LogP contribution in [0.5, 0.6) is 0 Å². The third-order valence-electron chi connectivity index (χ3n) is 2.69. The van der Waals surface area contributed by atoms with Gasteiger partial charge in [0, 0.05) is 17.6 Å². The Labute approximate surface area is 117 Å². The van der Waals surface area contributed by atoms with E-state index in [-0.39, 0.29) is 6.04 Å². The summed E-state index contributed by atoms with van der Waals surface area (Å²) >= 11 is 3.39. The maximum absolute atomic E-state index is 5.95. The third-order valence-corrected chi connectivity index (χ3v) is 3.22. The number of rotatable bonds is 4. The maximum atomic E-state index is 5.95. The summed E-state index contributed by atoms with van der Waals surface area (Å²) in [5, 5.41) is 0. The van der Waals surface area contributed by atoms with Crippen LogP contribution in [0.1, 0.15) is 25.5 Å². The van der Waals surface area contributed by atoms with E-state index in [1.165, 1.54) is 0 Å². The van der Waals surface area contributed by atoms with Crippen LogP contribution >= 0.6 is 15.9 Å². The van der Waals surface area contributed by atoms with Gasteiger partial charge in [0.25, 0.3) is 0 Å². The van der Waals surface area contributed by atoms with Gasteiger partial charge in [-0.05, 0) is 31.5 Å². The number of guanidine groups is 1. The zero-order valence-electron chi connectivity index (χ0n) is 10.7. The van der Waals surface area contributed by atoms with Gasteiger partial charge in [-0.1, -0.05) is 34.0 Å². The lowest BCUT2D eigenvalue weighted by Gasteiger charge is -2.20. The molecule has 96 valence electrons. The molecule has 0 fully saturated rings. The monoisotopic (exact) mass is 307 g/mol. The molecule has 0 saturated carbocycles. The number of hydrogen-bond donors (Lipinski definition) is 1. The quantitative estimate of drug-likeness (QED) is 0.528. The summed E-state index contributed by atoms with van der Waals surface area (Å²) in [4.78, 5) is 6.38. The maximum Gasteiger partial charge on any atom is 0.192 e. The Hall–Kier alpha value is -1.47. The molecule has 1 rings (SSSR count). The summed E-state index contributed by atoms with van der Waals surface area (Å²) in [5.41, 5.74) is 6.92. The van der Waals surface area contributed by atoms with E-state index in [2.05, 4.69) is 26.8 Å². The standard InChI is InChI=1S/C14H18BrN3/c1-4-13(11-7-9-12(15)10-8-11)17-14(16)18(5-2)6-3/h1,7-10,13H,5-6H2,2-3H3,(H2,16,17). The van der Waals surface area contributed by atoms with Crippen molar-refractivity contribution >= 4 is 21.9 Å². The Morgan fingerprint density at radius 1 is 1.39 bits per heavy atom. The average molecular weight is 308 g/mol. The number of terminal acetylenes is 1. The van der Waals surface area contributed by atoms with E-state index in [4.69, 9.17) is 12.2 Å². The van der Waals surface area contributed by atoms with Crippen LogP contribution in [0.25, 0.3) is 0 Å². The second kappa shape index (κ2) is 7.07. The minimum atomic E-state index is -0.335. The van der Waals surface area contributed by atoms with E-state index in [1.807, 2.05) is 43.0 Å². The molecule has 0 saturated heterocycles. The summed E-state index contributed by atoms with van der Waals surface area (Å²) in [6.07, 6.45) is 5.53. The highest BCUT2D eigenvalue weighted by molar-refractivity contribution is 9.10. The highest BCUT2D eigenvalue weighted by Crippen LogP contribution is 2.19. The van der Waals surface area contributed by atoms with Crippen molar-refractivity contribution < 1.29 is 0 Å². The molecular formula is C14H18BrN3. The molecule has 0 radical (unpaired) electrons. The van der Waals surface area contributed by atoms with Gasteiger partial charge in [0.15, 0.2) is 5.96 Å². The second-order valence-electron chi connectivity index (χ2n) is 3.78. The van der Waals surface area contributed by atoms with Crippen LogP contribution in [0.15, 0.2) is 33.7 Å². The van der Waals surface area contributed by atoms with Gasteiger partial charge in [-0.3, -0.25) is 0 Å². The summed E-state index contributed by atoms with van der Waals surface area (Å²) in [7, 11) is 0. The lowest BCUT2D eigenvalue weighted by molar-refractivity contribution is 0.457. The SMILES string of the molecule is C#CC(N=C(N)N(CC)CC)c1ccc(Br)cc1. The first-order chi connectivity index (χ1) is 8.62. The highest BCUT2D eigenvalue weighted by Gasteiger charge is 2.09. The number of aliphatic imine (C=N–C) groups is 1. The fourth-order valence-electron chi connectivity index (χ4n) is 1.61. The molecule has 0 amide bonds. The molecule has 1 aromatic rings. The molecule has 0 aliphatic rings. The fourth-order valence-corrected chi connectivity index (χ4v) is 1.88. The lowest BCUT2D eigenvalue weighted by Crippen LogP contribution is -2.37. The van der Waals surface area contributed by atoms with Gasteiger partial charge >= 0.3 is 0 Å². The minimum Gasteiger partial charge on any atom is -0.370 e. The van der Waals surface area contributed by atoms with Gasteiger partial charge in [0.05, 0.1) is 0 Å². The smallest absolute Gasteiger partial charge is 0.192 e. The molecule has 3 nitrogen and oxygen atoms in total. The van der Waals surface area contributed by atoms with E-state index in [9.17, 15) is 0 Å². The van der Waals surface area contributed by atoms with E-state index in [0.29, 0.717) is 5.96 Å². The Balaban J connectivity index is 2.94. The summed E-state index contributed by atoms with van der Waals surface area (Å²) < 4.78 is 1.02. The van der Waals surface area contributed by atoms with Crippen molar-refractivity contribution in [3.63, 3.8) is 0 Å². The summed E-state index contributed by atoms with van der Waals surface area (Å²) in [5.74, 6) is 3.15. The summed E-state index contributed by atoms with van der Waals surface area (Å²) in [6, 6.07) is 7.46. The molecule has 0 aliphatic carbocycles. The van der Waals surface area contributed by atoms with Crippen molar-refractivity contribution in [3.8, 4) is 12.3 Å². The molecule has 1 atom stereocenters. The minimum absolute atomic E-state index is 0.335. The molecular weight excluding hydrogens is 290 g/mol. The Morgan fingerprint density at radius 3 is 2.39 bits per heavy atom. The van der Waals surface area contributed by atoms with E-state index >= 15 is 0 Å². The van der Waals surface area contributed by atoms with Gasteiger partial charge in [-0.25, -0.2) is 4.99 Å². The van der Waals surface area contributed by atoms with Gasteiger partial charge in [-0.15, -0.1) is 6.42 Å². The predicted octanol–water partition coefficient (Wildman–Crippen LogP) is 2.78. The summed E-state index contributed by atoms with van der Waals surface area (Å²) in [6.45, 7) is 5.72. The first-order valence-corrected chi connectivity index (χ1v) is 6.71. The van der Waals surface area contributed by atoms with E-state index < -0.39 is 0 Å². The molecule has 0 aromatic heterocycles. The predicted molar refractivity (Wildman–Crippen MR) is 80.3 cm³/mol. The van der Waals surface area contributed by atoms with Crippen LogP contribution in [-0.2, 0) is 0 Å². The average Bonchev–Trinajstić information content (AvgIpc) is 2.38. The normalized spacial score (nSPS) is 12.9. The largest absolute Gasteiger partial charge is 0.370 e. The van der Waals surface area contributed by atoms with Crippen LogP contribution < -0.4 is 5.73 Å². The van der Waals surface area contributed by atoms with E-state index in [0.717, 1.165) is 23.1 Å². The van der Waals surface area contributed by atoms with E-state index in [1.54, 1.807) is 0 Å². The van der Waals surface area contributed by atoms with Crippen LogP contribution in [0.2, 0.25) is 0 Å². The van der Waals surface area contributed by atoms with Crippen molar-refractivity contribution in [1.82, 2.24) is 4.90 Å². The molecule has 2 N–H and O–H groups in total. The number of halogens is 1. The number of benzene rings is 1. The van der Waals surface area contributed by atoms with Crippen molar-refractivity contribution in [1.29, 1.82) is 0 Å². The second-order valence-corrected chi connectivity index (χ2v) is 4.70. The number of nitrogens with zero attached hydrogens (tertiary/aromatic N) is 2. The Kier molecular flexibility index (Phi) is 5.73. The zero-order chi connectivity index (χ0) is 13.5. The van der Waals surface area contributed by atoms with Crippen LogP contribution in [0, 0.1) is 12.3 Å². The number of nitrogens with two attached hydrogens (primary N) is 1. The van der Waals surface area contributed by atoms with Gasteiger partial charge in [0.2, 0.25) is 0 Å². The number of hydrogen-bond acceptors (Lipinski definition) is 1. The molecule has 0 heterocycles. The fraction of sp³-hybridized carbons (Fsp3) is 0.357. The first-order valence-electron chi connectivity index (χ1n) is 5.92. The Morgan fingerprint density at radius 2 is 1.94 bits per heavy atom. The van der Waals surface area contributed by atoms with Crippen LogP contribution in [-0.4, -0.2) is 23.9 Å². The van der Waals surface area contributed by atoms with Crippen molar-refractivity contribution in [3.05, 3.63) is 34.3 Å². The molecule has 0 aliphatic heterocycles. The van der Waals surface area contributed by atoms with Crippen LogP contribution in [0.3, 0.4) is 0 Å².